The Morgan fingerprint density at radius 2 is 2.06 bits per heavy atom. The zero-order valence-electron chi connectivity index (χ0n) is 9.51. The van der Waals surface area contributed by atoms with E-state index in [0.29, 0.717) is 5.75 Å². The van der Waals surface area contributed by atoms with E-state index in [1.165, 1.54) is 32.4 Å². The Bertz CT molecular complexity index is 443. The van der Waals surface area contributed by atoms with Crippen molar-refractivity contribution in [3.63, 3.8) is 0 Å². The van der Waals surface area contributed by atoms with Crippen LogP contribution in [0.2, 0.25) is 0 Å². The van der Waals surface area contributed by atoms with Crippen molar-refractivity contribution in [3.8, 4) is 11.5 Å². The molecule has 92 valence electrons. The Kier molecular flexibility index (Phi) is 3.92. The van der Waals surface area contributed by atoms with Gasteiger partial charge in [-0.1, -0.05) is 0 Å². The molecule has 17 heavy (non-hydrogen) atoms. The van der Waals surface area contributed by atoms with Crippen molar-refractivity contribution in [1.29, 1.82) is 0 Å². The monoisotopic (exact) mass is 239 g/mol. The molecule has 6 nitrogen and oxygen atoms in total. The first kappa shape index (κ1) is 12.8. The van der Waals surface area contributed by atoms with Gasteiger partial charge in [0.05, 0.1) is 12.7 Å². The summed E-state index contributed by atoms with van der Waals surface area (Å²) >= 11 is 0. The molecule has 0 heterocycles. The number of rotatable bonds is 4. The number of carbonyl (C=O) groups is 2. The minimum Gasteiger partial charge on any atom is -0.507 e. The molecule has 0 saturated heterocycles. The number of ether oxygens (including phenoxy) is 1. The Morgan fingerprint density at radius 1 is 1.41 bits per heavy atom. The summed E-state index contributed by atoms with van der Waals surface area (Å²) in [7, 11) is 2.77. The number of carboxylic acids is 1. The normalized spacial score (nSPS) is 9.76. The predicted octanol–water partition coefficient (Wildman–Crippen LogP) is 0.557. The maximum Gasteiger partial charge on any atom is 0.323 e. The van der Waals surface area contributed by atoms with Crippen LogP contribution in [0.4, 0.5) is 0 Å². The van der Waals surface area contributed by atoms with E-state index >= 15 is 0 Å². The molecule has 0 unspecified atom stereocenters. The Hall–Kier alpha value is -2.24. The molecular weight excluding hydrogens is 226 g/mol. The number of methoxy groups -OCH3 is 1. The summed E-state index contributed by atoms with van der Waals surface area (Å²) < 4.78 is 4.92. The molecule has 0 spiro atoms. The van der Waals surface area contributed by atoms with E-state index in [-0.39, 0.29) is 11.3 Å². The van der Waals surface area contributed by atoms with Crippen LogP contribution in [0, 0.1) is 0 Å². The van der Waals surface area contributed by atoms with Gasteiger partial charge < -0.3 is 19.8 Å². The van der Waals surface area contributed by atoms with Crippen LogP contribution in [0.15, 0.2) is 18.2 Å². The lowest BCUT2D eigenvalue weighted by atomic mass is 10.1. The third kappa shape index (κ3) is 3.10. The summed E-state index contributed by atoms with van der Waals surface area (Å²) in [5, 5.41) is 18.1. The number of aromatic hydroxyl groups is 1. The SMILES string of the molecule is COc1ccc(O)c(C(=O)N(C)CC(=O)O)c1. The Labute approximate surface area is 98.0 Å². The van der Waals surface area contributed by atoms with Gasteiger partial charge in [0.25, 0.3) is 5.91 Å². The van der Waals surface area contributed by atoms with Crippen LogP contribution in [-0.4, -0.2) is 47.7 Å². The molecule has 1 aromatic rings. The lowest BCUT2D eigenvalue weighted by Crippen LogP contribution is -2.31. The maximum atomic E-state index is 11.8. The fraction of sp³-hybridized carbons (Fsp3) is 0.273. The first-order valence-electron chi connectivity index (χ1n) is 4.80. The second kappa shape index (κ2) is 5.20. The van der Waals surface area contributed by atoms with Crippen LogP contribution >= 0.6 is 0 Å². The number of phenols is 1. The molecule has 0 bridgehead atoms. The van der Waals surface area contributed by atoms with Crippen LogP contribution in [0.3, 0.4) is 0 Å². The van der Waals surface area contributed by atoms with Gasteiger partial charge in [-0.2, -0.15) is 0 Å². The average molecular weight is 239 g/mol. The van der Waals surface area contributed by atoms with Crippen LogP contribution < -0.4 is 4.74 Å². The van der Waals surface area contributed by atoms with Gasteiger partial charge in [0.2, 0.25) is 0 Å². The second-order valence-electron chi connectivity index (χ2n) is 3.44. The van der Waals surface area contributed by atoms with Crippen LogP contribution in [-0.2, 0) is 4.79 Å². The van der Waals surface area contributed by atoms with Crippen molar-refractivity contribution in [1.82, 2.24) is 4.90 Å². The number of likely N-dealkylation sites (N-methyl/N-ethyl adjacent to an activating group) is 1. The first-order valence-corrected chi connectivity index (χ1v) is 4.80. The molecule has 0 saturated carbocycles. The first-order chi connectivity index (χ1) is 7.95. The highest BCUT2D eigenvalue weighted by molar-refractivity contribution is 5.98. The molecule has 1 amide bonds. The Balaban J connectivity index is 2.98. The van der Waals surface area contributed by atoms with Crippen molar-refractivity contribution in [2.75, 3.05) is 20.7 Å². The summed E-state index contributed by atoms with van der Waals surface area (Å²) in [6.45, 7) is -0.435. The highest BCUT2D eigenvalue weighted by atomic mass is 16.5. The van der Waals surface area contributed by atoms with E-state index in [1.807, 2.05) is 0 Å². The lowest BCUT2D eigenvalue weighted by Gasteiger charge is -2.15. The highest BCUT2D eigenvalue weighted by Crippen LogP contribution is 2.23. The van der Waals surface area contributed by atoms with Gasteiger partial charge in [-0.15, -0.1) is 0 Å². The van der Waals surface area contributed by atoms with Gasteiger partial charge in [0.1, 0.15) is 18.0 Å². The number of benzene rings is 1. The van der Waals surface area contributed by atoms with E-state index in [0.717, 1.165) is 4.90 Å². The molecule has 0 aliphatic carbocycles. The fourth-order valence-corrected chi connectivity index (χ4v) is 1.29. The molecule has 0 aliphatic heterocycles. The van der Waals surface area contributed by atoms with Gasteiger partial charge in [-0.3, -0.25) is 9.59 Å². The van der Waals surface area contributed by atoms with Crippen molar-refractivity contribution < 1.29 is 24.5 Å². The number of hydrogen-bond donors (Lipinski definition) is 2. The minimum absolute atomic E-state index is 0.00750. The zero-order chi connectivity index (χ0) is 13.0. The summed E-state index contributed by atoms with van der Waals surface area (Å²) in [5.41, 5.74) is 0.00750. The molecule has 0 fully saturated rings. The van der Waals surface area contributed by atoms with E-state index in [2.05, 4.69) is 0 Å². The van der Waals surface area contributed by atoms with Crippen molar-refractivity contribution >= 4 is 11.9 Å². The van der Waals surface area contributed by atoms with Crippen LogP contribution in [0.25, 0.3) is 0 Å². The quantitative estimate of drug-likeness (QED) is 0.801. The third-order valence-corrected chi connectivity index (χ3v) is 2.15. The van der Waals surface area contributed by atoms with Gasteiger partial charge in [0.15, 0.2) is 0 Å². The summed E-state index contributed by atoms with van der Waals surface area (Å²) in [5.74, 6) is -1.50. The van der Waals surface area contributed by atoms with Gasteiger partial charge in [-0.05, 0) is 18.2 Å². The second-order valence-corrected chi connectivity index (χ2v) is 3.44. The zero-order valence-corrected chi connectivity index (χ0v) is 9.51. The molecule has 0 aromatic heterocycles. The summed E-state index contributed by atoms with van der Waals surface area (Å²) in [6.07, 6.45) is 0. The molecule has 0 radical (unpaired) electrons. The number of phenolic OH excluding ortho intramolecular Hbond substituents is 1. The Morgan fingerprint density at radius 3 is 2.59 bits per heavy atom. The van der Waals surface area contributed by atoms with Gasteiger partial charge in [-0.25, -0.2) is 0 Å². The summed E-state index contributed by atoms with van der Waals surface area (Å²) in [4.78, 5) is 23.3. The van der Waals surface area contributed by atoms with Gasteiger partial charge >= 0.3 is 5.97 Å². The molecule has 0 atom stereocenters. The fourth-order valence-electron chi connectivity index (χ4n) is 1.29. The minimum atomic E-state index is -1.12. The molecule has 2 N–H and O–H groups in total. The number of amides is 1. The molecule has 1 aromatic carbocycles. The number of nitrogens with zero attached hydrogens (tertiary/aromatic N) is 1. The largest absolute Gasteiger partial charge is 0.507 e. The number of hydrogen-bond acceptors (Lipinski definition) is 4. The van der Waals surface area contributed by atoms with E-state index in [4.69, 9.17) is 9.84 Å². The third-order valence-electron chi connectivity index (χ3n) is 2.15. The van der Waals surface area contributed by atoms with Crippen molar-refractivity contribution in [2.45, 2.75) is 0 Å². The number of carbonyl (C=O) groups excluding carboxylic acids is 1. The topological polar surface area (TPSA) is 87.1 Å². The van der Waals surface area contributed by atoms with Crippen LogP contribution in [0.1, 0.15) is 10.4 Å². The summed E-state index contributed by atoms with van der Waals surface area (Å²) in [6, 6.07) is 4.18. The maximum absolute atomic E-state index is 11.8. The number of aliphatic carboxylic acids is 1. The van der Waals surface area contributed by atoms with Crippen LogP contribution in [0.5, 0.6) is 11.5 Å². The molecule has 1 rings (SSSR count). The van der Waals surface area contributed by atoms with Crippen molar-refractivity contribution in [2.24, 2.45) is 0 Å². The highest BCUT2D eigenvalue weighted by Gasteiger charge is 2.18. The number of carboxylic acid groups (broad SMARTS) is 1. The lowest BCUT2D eigenvalue weighted by molar-refractivity contribution is -0.137. The van der Waals surface area contributed by atoms with E-state index in [1.54, 1.807) is 0 Å². The van der Waals surface area contributed by atoms with Crippen molar-refractivity contribution in [3.05, 3.63) is 23.8 Å². The van der Waals surface area contributed by atoms with E-state index < -0.39 is 18.4 Å². The molecular formula is C11H13NO5. The predicted molar refractivity (Wildman–Crippen MR) is 59.3 cm³/mol. The standard InChI is InChI=1S/C11H13NO5/c1-12(6-10(14)15)11(16)8-5-7(17-2)3-4-9(8)13/h3-5,13H,6H2,1-2H3,(H,14,15). The average Bonchev–Trinajstić information content (AvgIpc) is 2.28. The van der Waals surface area contributed by atoms with E-state index in [9.17, 15) is 14.7 Å². The molecule has 6 heteroatoms. The smallest absolute Gasteiger partial charge is 0.323 e. The van der Waals surface area contributed by atoms with Gasteiger partial charge in [0, 0.05) is 7.05 Å². The molecule has 0 aliphatic rings.